The van der Waals surface area contributed by atoms with Crippen LogP contribution in [0.15, 0.2) is 6.20 Å². The van der Waals surface area contributed by atoms with Crippen LogP contribution in [0.2, 0.25) is 5.02 Å². The van der Waals surface area contributed by atoms with E-state index in [0.717, 1.165) is 12.8 Å². The first kappa shape index (κ1) is 13.0. The molecule has 1 rings (SSSR count). The zero-order valence-electron chi connectivity index (χ0n) is 9.87. The van der Waals surface area contributed by atoms with Crippen LogP contribution in [0.25, 0.3) is 0 Å². The first-order valence-corrected chi connectivity index (χ1v) is 5.73. The van der Waals surface area contributed by atoms with Crippen molar-refractivity contribution >= 4 is 23.4 Å². The van der Waals surface area contributed by atoms with Gasteiger partial charge in [-0.3, -0.25) is 5.43 Å². The van der Waals surface area contributed by atoms with Crippen molar-refractivity contribution in [3.8, 4) is 0 Å². The van der Waals surface area contributed by atoms with Gasteiger partial charge in [0, 0.05) is 13.1 Å². The minimum absolute atomic E-state index is 0.372. The van der Waals surface area contributed by atoms with Crippen LogP contribution in [0.5, 0.6) is 0 Å². The van der Waals surface area contributed by atoms with E-state index >= 15 is 0 Å². The van der Waals surface area contributed by atoms with Crippen LogP contribution in [0.3, 0.4) is 0 Å². The summed E-state index contributed by atoms with van der Waals surface area (Å²) < 4.78 is 0. The Morgan fingerprint density at radius 2 is 2.12 bits per heavy atom. The highest BCUT2D eigenvalue weighted by molar-refractivity contribution is 6.32. The number of hydrogen-bond donors (Lipinski definition) is 2. The number of halogens is 1. The maximum absolute atomic E-state index is 6.07. The summed E-state index contributed by atoms with van der Waals surface area (Å²) in [5, 5.41) is 0.536. The summed E-state index contributed by atoms with van der Waals surface area (Å²) in [6, 6.07) is 0.415. The molecule has 0 aliphatic rings. The minimum Gasteiger partial charge on any atom is -0.355 e. The van der Waals surface area contributed by atoms with E-state index in [1.165, 1.54) is 0 Å². The Bertz CT molecular complexity index is 340. The maximum atomic E-state index is 6.07. The summed E-state index contributed by atoms with van der Waals surface area (Å²) in [7, 11) is 1.98. The fourth-order valence-electron chi connectivity index (χ4n) is 1.68. The summed E-state index contributed by atoms with van der Waals surface area (Å²) in [5.74, 6) is 6.35. The van der Waals surface area contributed by atoms with Gasteiger partial charge in [-0.05, 0) is 12.8 Å². The van der Waals surface area contributed by atoms with Gasteiger partial charge in [-0.2, -0.15) is 4.98 Å². The standard InChI is InChI=1S/C10H18ClN5/c1-4-7(5-2)16(3)9-8(11)6-13-10(14-9)15-12/h6-7H,4-5,12H2,1-3H3,(H,13,14,15). The molecule has 1 aromatic rings. The highest BCUT2D eigenvalue weighted by Crippen LogP contribution is 2.25. The van der Waals surface area contributed by atoms with Gasteiger partial charge in [-0.25, -0.2) is 10.8 Å². The molecule has 0 amide bonds. The van der Waals surface area contributed by atoms with Crippen molar-refractivity contribution in [1.29, 1.82) is 0 Å². The van der Waals surface area contributed by atoms with Crippen LogP contribution in [0.4, 0.5) is 11.8 Å². The smallest absolute Gasteiger partial charge is 0.239 e. The summed E-state index contributed by atoms with van der Waals surface area (Å²) in [4.78, 5) is 10.3. The fourth-order valence-corrected chi connectivity index (χ4v) is 1.91. The second kappa shape index (κ2) is 5.86. The molecule has 0 saturated carbocycles. The average molecular weight is 244 g/mol. The largest absolute Gasteiger partial charge is 0.355 e. The van der Waals surface area contributed by atoms with E-state index in [9.17, 15) is 0 Å². The van der Waals surface area contributed by atoms with Crippen molar-refractivity contribution in [2.75, 3.05) is 17.4 Å². The predicted molar refractivity (Wildman–Crippen MR) is 67.6 cm³/mol. The number of aromatic nitrogens is 2. The molecule has 0 unspecified atom stereocenters. The predicted octanol–water partition coefficient (Wildman–Crippen LogP) is 2.04. The van der Waals surface area contributed by atoms with Crippen molar-refractivity contribution in [2.45, 2.75) is 32.7 Å². The number of nitrogen functional groups attached to an aromatic ring is 1. The molecule has 1 heterocycles. The van der Waals surface area contributed by atoms with Crippen molar-refractivity contribution < 1.29 is 0 Å². The molecule has 0 aliphatic heterocycles. The lowest BCUT2D eigenvalue weighted by Gasteiger charge is -2.28. The third-order valence-corrected chi connectivity index (χ3v) is 2.95. The summed E-state index contributed by atoms with van der Waals surface area (Å²) in [6.07, 6.45) is 3.63. The Balaban J connectivity index is 3.01. The van der Waals surface area contributed by atoms with Gasteiger partial charge in [0.2, 0.25) is 5.95 Å². The molecule has 0 aromatic carbocycles. The fraction of sp³-hybridized carbons (Fsp3) is 0.600. The van der Waals surface area contributed by atoms with Gasteiger partial charge < -0.3 is 4.90 Å². The lowest BCUT2D eigenvalue weighted by atomic mass is 10.1. The van der Waals surface area contributed by atoms with E-state index in [1.54, 1.807) is 6.20 Å². The molecule has 0 aliphatic carbocycles. The lowest BCUT2D eigenvalue weighted by Crippen LogP contribution is -2.31. The molecule has 16 heavy (non-hydrogen) atoms. The zero-order chi connectivity index (χ0) is 12.1. The van der Waals surface area contributed by atoms with E-state index in [2.05, 4.69) is 34.1 Å². The normalized spacial score (nSPS) is 10.6. The summed E-state index contributed by atoms with van der Waals surface area (Å²) >= 11 is 6.07. The van der Waals surface area contributed by atoms with E-state index in [-0.39, 0.29) is 0 Å². The number of hydrogen-bond acceptors (Lipinski definition) is 5. The molecular formula is C10H18ClN5. The van der Waals surface area contributed by atoms with Gasteiger partial charge in [0.15, 0.2) is 5.82 Å². The Morgan fingerprint density at radius 3 is 2.62 bits per heavy atom. The Morgan fingerprint density at radius 1 is 1.50 bits per heavy atom. The Labute approximate surface area is 101 Å². The number of nitrogens with two attached hydrogens (primary N) is 1. The molecule has 0 bridgehead atoms. The highest BCUT2D eigenvalue weighted by Gasteiger charge is 2.16. The first-order chi connectivity index (χ1) is 7.63. The number of rotatable bonds is 5. The van der Waals surface area contributed by atoms with Crippen molar-refractivity contribution in [3.63, 3.8) is 0 Å². The molecule has 0 radical (unpaired) electrons. The van der Waals surface area contributed by atoms with Gasteiger partial charge >= 0.3 is 0 Å². The number of nitrogens with zero attached hydrogens (tertiary/aromatic N) is 3. The minimum atomic E-state index is 0.372. The van der Waals surface area contributed by atoms with E-state index in [0.29, 0.717) is 22.8 Å². The number of anilines is 2. The van der Waals surface area contributed by atoms with E-state index < -0.39 is 0 Å². The van der Waals surface area contributed by atoms with Crippen LogP contribution < -0.4 is 16.2 Å². The molecular weight excluding hydrogens is 226 g/mol. The van der Waals surface area contributed by atoms with Crippen LogP contribution in [0.1, 0.15) is 26.7 Å². The van der Waals surface area contributed by atoms with E-state index in [4.69, 9.17) is 17.4 Å². The van der Waals surface area contributed by atoms with Gasteiger partial charge in [-0.15, -0.1) is 0 Å². The molecule has 1 aromatic heterocycles. The van der Waals surface area contributed by atoms with Gasteiger partial charge in [0.25, 0.3) is 0 Å². The topological polar surface area (TPSA) is 67.1 Å². The molecule has 90 valence electrons. The Hall–Kier alpha value is -1.07. The van der Waals surface area contributed by atoms with Gasteiger partial charge in [0.05, 0.1) is 6.20 Å². The molecule has 0 spiro atoms. The van der Waals surface area contributed by atoms with Crippen molar-refractivity contribution in [1.82, 2.24) is 9.97 Å². The van der Waals surface area contributed by atoms with Crippen LogP contribution in [-0.2, 0) is 0 Å². The second-order valence-electron chi connectivity index (χ2n) is 3.59. The molecule has 0 atom stereocenters. The zero-order valence-corrected chi connectivity index (χ0v) is 10.6. The van der Waals surface area contributed by atoms with Crippen LogP contribution >= 0.6 is 11.6 Å². The van der Waals surface area contributed by atoms with Crippen molar-refractivity contribution in [3.05, 3.63) is 11.2 Å². The van der Waals surface area contributed by atoms with Gasteiger partial charge in [0.1, 0.15) is 5.02 Å². The number of nitrogens with one attached hydrogen (secondary N) is 1. The molecule has 5 nitrogen and oxygen atoms in total. The third kappa shape index (κ3) is 2.74. The number of hydrazine groups is 1. The maximum Gasteiger partial charge on any atom is 0.239 e. The Kier molecular flexibility index (Phi) is 4.76. The third-order valence-electron chi connectivity index (χ3n) is 2.68. The van der Waals surface area contributed by atoms with Crippen LogP contribution in [-0.4, -0.2) is 23.1 Å². The summed E-state index contributed by atoms with van der Waals surface area (Å²) in [5.41, 5.74) is 2.42. The first-order valence-electron chi connectivity index (χ1n) is 5.36. The molecule has 6 heteroatoms. The highest BCUT2D eigenvalue weighted by atomic mass is 35.5. The average Bonchev–Trinajstić information content (AvgIpc) is 2.31. The summed E-state index contributed by atoms with van der Waals surface area (Å²) in [6.45, 7) is 4.28. The van der Waals surface area contributed by atoms with Crippen LogP contribution in [0, 0.1) is 0 Å². The molecule has 0 saturated heterocycles. The van der Waals surface area contributed by atoms with E-state index in [1.807, 2.05) is 7.05 Å². The molecule has 3 N–H and O–H groups in total. The SMILES string of the molecule is CCC(CC)N(C)c1nc(NN)ncc1Cl. The monoisotopic (exact) mass is 243 g/mol. The lowest BCUT2D eigenvalue weighted by molar-refractivity contribution is 0.586. The molecule has 0 fully saturated rings. The second-order valence-corrected chi connectivity index (χ2v) is 4.00. The van der Waals surface area contributed by atoms with Gasteiger partial charge in [-0.1, -0.05) is 25.4 Å². The quantitative estimate of drug-likeness (QED) is 0.612. The van der Waals surface area contributed by atoms with Crippen molar-refractivity contribution in [2.24, 2.45) is 5.84 Å².